The highest BCUT2D eigenvalue weighted by Crippen LogP contribution is 2.33. The third-order valence-corrected chi connectivity index (χ3v) is 3.66. The van der Waals surface area contributed by atoms with Gasteiger partial charge in [0.1, 0.15) is 5.82 Å². The number of rotatable bonds is 2. The SMILES string of the molecule is CNc1nc(N2CCC(C)CC2C)cc(C(F)(F)F)n1. The Morgan fingerprint density at radius 3 is 2.55 bits per heavy atom. The zero-order chi connectivity index (χ0) is 14.9. The van der Waals surface area contributed by atoms with Crippen LogP contribution in [0.5, 0.6) is 0 Å². The molecule has 0 saturated carbocycles. The number of aromatic nitrogens is 2. The number of nitrogens with one attached hydrogen (secondary N) is 1. The molecular formula is C13H19F3N4. The minimum Gasteiger partial charge on any atom is -0.357 e. The van der Waals surface area contributed by atoms with Gasteiger partial charge in [-0.3, -0.25) is 0 Å². The van der Waals surface area contributed by atoms with E-state index >= 15 is 0 Å². The molecule has 0 radical (unpaired) electrons. The van der Waals surface area contributed by atoms with Gasteiger partial charge in [-0.1, -0.05) is 6.92 Å². The van der Waals surface area contributed by atoms with Crippen molar-refractivity contribution in [2.24, 2.45) is 5.92 Å². The molecule has 1 aliphatic rings. The van der Waals surface area contributed by atoms with E-state index in [1.807, 2.05) is 11.8 Å². The number of anilines is 2. The molecule has 20 heavy (non-hydrogen) atoms. The molecule has 0 aromatic carbocycles. The molecule has 1 aromatic rings. The van der Waals surface area contributed by atoms with Crippen LogP contribution < -0.4 is 10.2 Å². The fourth-order valence-electron chi connectivity index (χ4n) is 2.59. The lowest BCUT2D eigenvalue weighted by molar-refractivity contribution is -0.141. The van der Waals surface area contributed by atoms with Gasteiger partial charge in [0.05, 0.1) is 0 Å². The van der Waals surface area contributed by atoms with Crippen LogP contribution in [-0.4, -0.2) is 29.6 Å². The zero-order valence-corrected chi connectivity index (χ0v) is 11.8. The van der Waals surface area contributed by atoms with Crippen molar-refractivity contribution in [1.29, 1.82) is 0 Å². The summed E-state index contributed by atoms with van der Waals surface area (Å²) in [7, 11) is 1.51. The van der Waals surface area contributed by atoms with Crippen LogP contribution in [0.2, 0.25) is 0 Å². The van der Waals surface area contributed by atoms with Crippen molar-refractivity contribution in [1.82, 2.24) is 9.97 Å². The average Bonchev–Trinajstić information content (AvgIpc) is 2.37. The highest BCUT2D eigenvalue weighted by Gasteiger charge is 2.35. The molecule has 7 heteroatoms. The molecular weight excluding hydrogens is 269 g/mol. The van der Waals surface area contributed by atoms with Crippen molar-refractivity contribution in [3.8, 4) is 0 Å². The Hall–Kier alpha value is -1.53. The lowest BCUT2D eigenvalue weighted by atomic mass is 9.93. The summed E-state index contributed by atoms with van der Waals surface area (Å²) in [6.07, 6.45) is -2.54. The predicted molar refractivity (Wildman–Crippen MR) is 71.8 cm³/mol. The third-order valence-electron chi connectivity index (χ3n) is 3.66. The molecule has 0 spiro atoms. The van der Waals surface area contributed by atoms with E-state index < -0.39 is 11.9 Å². The topological polar surface area (TPSA) is 41.1 Å². The van der Waals surface area contributed by atoms with E-state index in [2.05, 4.69) is 22.2 Å². The van der Waals surface area contributed by atoms with Crippen LogP contribution in [0.15, 0.2) is 6.07 Å². The van der Waals surface area contributed by atoms with Crippen LogP contribution in [0, 0.1) is 5.92 Å². The van der Waals surface area contributed by atoms with Crippen molar-refractivity contribution >= 4 is 11.8 Å². The molecule has 2 rings (SSSR count). The second-order valence-electron chi connectivity index (χ2n) is 5.35. The lowest BCUT2D eigenvalue weighted by Crippen LogP contribution is -2.41. The smallest absolute Gasteiger partial charge is 0.357 e. The molecule has 0 amide bonds. The Morgan fingerprint density at radius 2 is 2.00 bits per heavy atom. The first-order valence-electron chi connectivity index (χ1n) is 6.72. The van der Waals surface area contributed by atoms with Crippen molar-refractivity contribution in [3.63, 3.8) is 0 Å². The normalized spacial score (nSPS) is 23.8. The Labute approximate surface area is 116 Å². The third kappa shape index (κ3) is 3.13. The van der Waals surface area contributed by atoms with Crippen molar-refractivity contribution < 1.29 is 13.2 Å². The number of nitrogens with zero attached hydrogens (tertiary/aromatic N) is 3. The van der Waals surface area contributed by atoms with Gasteiger partial charge in [0.25, 0.3) is 0 Å². The van der Waals surface area contributed by atoms with Crippen LogP contribution in [-0.2, 0) is 6.18 Å². The van der Waals surface area contributed by atoms with Crippen molar-refractivity contribution in [2.45, 2.75) is 38.9 Å². The van der Waals surface area contributed by atoms with E-state index in [0.29, 0.717) is 11.7 Å². The fraction of sp³-hybridized carbons (Fsp3) is 0.692. The zero-order valence-electron chi connectivity index (χ0n) is 11.8. The van der Waals surface area contributed by atoms with Crippen molar-refractivity contribution in [2.75, 3.05) is 23.8 Å². The molecule has 2 atom stereocenters. The van der Waals surface area contributed by atoms with Gasteiger partial charge in [0.2, 0.25) is 5.95 Å². The van der Waals surface area contributed by atoms with Gasteiger partial charge in [0, 0.05) is 25.7 Å². The molecule has 0 aliphatic carbocycles. The maximum atomic E-state index is 12.9. The number of alkyl halides is 3. The molecule has 4 nitrogen and oxygen atoms in total. The number of hydrogen-bond donors (Lipinski definition) is 1. The Morgan fingerprint density at radius 1 is 1.30 bits per heavy atom. The summed E-state index contributed by atoms with van der Waals surface area (Å²) < 4.78 is 38.6. The first kappa shape index (κ1) is 14.9. The monoisotopic (exact) mass is 288 g/mol. The highest BCUT2D eigenvalue weighted by molar-refractivity contribution is 5.46. The molecule has 2 unspecified atom stereocenters. The van der Waals surface area contributed by atoms with E-state index in [9.17, 15) is 13.2 Å². The molecule has 1 saturated heterocycles. The summed E-state index contributed by atoms with van der Waals surface area (Å²) in [6, 6.07) is 1.22. The molecule has 1 aromatic heterocycles. The Balaban J connectivity index is 2.36. The quantitative estimate of drug-likeness (QED) is 0.907. The Kier molecular flexibility index (Phi) is 4.06. The van der Waals surface area contributed by atoms with Crippen LogP contribution in [0.4, 0.5) is 24.9 Å². The second-order valence-corrected chi connectivity index (χ2v) is 5.35. The number of piperidine rings is 1. The summed E-state index contributed by atoms with van der Waals surface area (Å²) in [5, 5.41) is 2.59. The van der Waals surface area contributed by atoms with Crippen LogP contribution in [0.25, 0.3) is 0 Å². The summed E-state index contributed by atoms with van der Waals surface area (Å²) >= 11 is 0. The first-order chi connectivity index (χ1) is 9.31. The average molecular weight is 288 g/mol. The number of halogens is 3. The first-order valence-corrected chi connectivity index (χ1v) is 6.72. The standard InChI is InChI=1S/C13H19F3N4/c1-8-4-5-20(9(2)6-8)11-7-10(13(14,15)16)18-12(17-3)19-11/h7-9H,4-6H2,1-3H3,(H,17,18,19). The maximum absolute atomic E-state index is 12.9. The molecule has 1 N–H and O–H groups in total. The van der Waals surface area contributed by atoms with Crippen molar-refractivity contribution in [3.05, 3.63) is 11.8 Å². The summed E-state index contributed by atoms with van der Waals surface area (Å²) in [5.41, 5.74) is -0.905. The van der Waals surface area contributed by atoms with E-state index in [1.54, 1.807) is 0 Å². The summed E-state index contributed by atoms with van der Waals surface area (Å²) in [5.74, 6) is 0.936. The van der Waals surface area contributed by atoms with Crippen LogP contribution in [0.1, 0.15) is 32.4 Å². The summed E-state index contributed by atoms with van der Waals surface area (Å²) in [6.45, 7) is 4.90. The minimum atomic E-state index is -4.46. The fourth-order valence-corrected chi connectivity index (χ4v) is 2.59. The second kappa shape index (κ2) is 5.46. The van der Waals surface area contributed by atoms with Gasteiger partial charge in [-0.05, 0) is 25.7 Å². The van der Waals surface area contributed by atoms with Gasteiger partial charge >= 0.3 is 6.18 Å². The van der Waals surface area contributed by atoms with E-state index in [4.69, 9.17) is 0 Å². The number of hydrogen-bond acceptors (Lipinski definition) is 4. The van der Waals surface area contributed by atoms with E-state index in [0.717, 1.165) is 25.5 Å². The predicted octanol–water partition coefficient (Wildman–Crippen LogP) is 3.16. The van der Waals surface area contributed by atoms with Crippen LogP contribution in [0.3, 0.4) is 0 Å². The van der Waals surface area contributed by atoms with Gasteiger partial charge in [0.15, 0.2) is 5.69 Å². The molecule has 1 aliphatic heterocycles. The Bertz CT molecular complexity index is 475. The molecule has 0 bridgehead atoms. The maximum Gasteiger partial charge on any atom is 0.433 e. The van der Waals surface area contributed by atoms with Gasteiger partial charge in [-0.2, -0.15) is 18.2 Å². The van der Waals surface area contributed by atoms with E-state index in [1.165, 1.54) is 7.05 Å². The van der Waals surface area contributed by atoms with Crippen LogP contribution >= 0.6 is 0 Å². The highest BCUT2D eigenvalue weighted by atomic mass is 19.4. The lowest BCUT2D eigenvalue weighted by Gasteiger charge is -2.37. The molecule has 1 fully saturated rings. The summed E-state index contributed by atoms with van der Waals surface area (Å²) in [4.78, 5) is 9.58. The minimum absolute atomic E-state index is 0.000599. The van der Waals surface area contributed by atoms with E-state index in [-0.39, 0.29) is 12.0 Å². The molecule has 2 heterocycles. The largest absolute Gasteiger partial charge is 0.433 e. The van der Waals surface area contributed by atoms with Gasteiger partial charge < -0.3 is 10.2 Å². The van der Waals surface area contributed by atoms with Gasteiger partial charge in [-0.25, -0.2) is 4.98 Å². The van der Waals surface area contributed by atoms with Gasteiger partial charge in [-0.15, -0.1) is 0 Å². The molecule has 112 valence electrons.